The number of rotatable bonds is 4. The van der Waals surface area contributed by atoms with Crippen molar-refractivity contribution in [2.75, 3.05) is 13.7 Å². The van der Waals surface area contributed by atoms with E-state index in [2.05, 4.69) is 15.9 Å². The standard InChI is InChI=1S/C16H17BrO6/c1-5-21-13-7-9(11(17)8-12(13)20-4)6-10-14(18)22-16(2,3)23-15(10)19/h6-8H,5H2,1-4H3. The summed E-state index contributed by atoms with van der Waals surface area (Å²) in [6.07, 6.45) is 1.39. The molecule has 1 fully saturated rings. The normalized spacial score (nSPS) is 16.5. The first-order valence-corrected chi connectivity index (χ1v) is 7.75. The van der Waals surface area contributed by atoms with Gasteiger partial charge in [-0.2, -0.15) is 0 Å². The van der Waals surface area contributed by atoms with Gasteiger partial charge in [-0.1, -0.05) is 15.9 Å². The molecule has 6 nitrogen and oxygen atoms in total. The summed E-state index contributed by atoms with van der Waals surface area (Å²) >= 11 is 3.38. The zero-order chi connectivity index (χ0) is 17.2. The number of carbonyl (C=O) groups excluding carboxylic acids is 2. The number of ether oxygens (including phenoxy) is 4. The zero-order valence-corrected chi connectivity index (χ0v) is 14.9. The van der Waals surface area contributed by atoms with Crippen molar-refractivity contribution >= 4 is 33.9 Å². The molecule has 124 valence electrons. The van der Waals surface area contributed by atoms with Crippen LogP contribution in [-0.4, -0.2) is 31.4 Å². The monoisotopic (exact) mass is 384 g/mol. The van der Waals surface area contributed by atoms with Crippen molar-refractivity contribution in [3.63, 3.8) is 0 Å². The third-order valence-electron chi connectivity index (χ3n) is 3.00. The molecular weight excluding hydrogens is 368 g/mol. The molecule has 1 aliphatic heterocycles. The maximum absolute atomic E-state index is 12.0. The van der Waals surface area contributed by atoms with E-state index in [1.165, 1.54) is 27.0 Å². The largest absolute Gasteiger partial charge is 0.493 e. The molecule has 1 heterocycles. The Labute approximate surface area is 142 Å². The molecule has 1 aliphatic rings. The molecule has 0 spiro atoms. The summed E-state index contributed by atoms with van der Waals surface area (Å²) in [6.45, 7) is 5.29. The molecule has 1 saturated heterocycles. The number of benzene rings is 1. The van der Waals surface area contributed by atoms with E-state index in [0.29, 0.717) is 28.1 Å². The highest BCUT2D eigenvalue weighted by atomic mass is 79.9. The van der Waals surface area contributed by atoms with E-state index in [0.717, 1.165) is 0 Å². The molecule has 23 heavy (non-hydrogen) atoms. The van der Waals surface area contributed by atoms with E-state index in [9.17, 15) is 9.59 Å². The Morgan fingerprint density at radius 3 is 2.30 bits per heavy atom. The molecule has 2 rings (SSSR count). The minimum atomic E-state index is -1.26. The molecule has 0 aromatic heterocycles. The lowest BCUT2D eigenvalue weighted by Crippen LogP contribution is -2.41. The third kappa shape index (κ3) is 3.85. The second kappa shape index (κ2) is 6.62. The molecule has 0 atom stereocenters. The average Bonchev–Trinajstić information content (AvgIpc) is 2.44. The quantitative estimate of drug-likeness (QED) is 0.451. The summed E-state index contributed by atoms with van der Waals surface area (Å²) in [6, 6.07) is 3.36. The summed E-state index contributed by atoms with van der Waals surface area (Å²) in [5, 5.41) is 0. The minimum absolute atomic E-state index is 0.183. The van der Waals surface area contributed by atoms with E-state index < -0.39 is 17.7 Å². The number of cyclic esters (lactones) is 2. The van der Waals surface area contributed by atoms with Gasteiger partial charge >= 0.3 is 11.9 Å². The maximum Gasteiger partial charge on any atom is 0.348 e. The average molecular weight is 385 g/mol. The fourth-order valence-electron chi connectivity index (χ4n) is 2.02. The molecule has 0 aliphatic carbocycles. The van der Waals surface area contributed by atoms with Gasteiger partial charge in [0, 0.05) is 18.3 Å². The number of esters is 2. The molecule has 1 aromatic rings. The lowest BCUT2D eigenvalue weighted by molar-refractivity contribution is -0.222. The highest BCUT2D eigenvalue weighted by Gasteiger charge is 2.39. The number of carbonyl (C=O) groups is 2. The molecule has 0 N–H and O–H groups in total. The van der Waals surface area contributed by atoms with Crippen molar-refractivity contribution in [2.45, 2.75) is 26.6 Å². The molecular formula is C16H17BrO6. The van der Waals surface area contributed by atoms with Crippen molar-refractivity contribution in [2.24, 2.45) is 0 Å². The van der Waals surface area contributed by atoms with Crippen LogP contribution in [0.3, 0.4) is 0 Å². The predicted molar refractivity (Wildman–Crippen MR) is 86.1 cm³/mol. The van der Waals surface area contributed by atoms with Gasteiger partial charge in [0.15, 0.2) is 11.5 Å². The molecule has 0 bridgehead atoms. The van der Waals surface area contributed by atoms with Crippen LogP contribution in [0.5, 0.6) is 11.5 Å². The Bertz CT molecular complexity index is 655. The van der Waals surface area contributed by atoms with E-state index in [4.69, 9.17) is 18.9 Å². The van der Waals surface area contributed by atoms with Crippen LogP contribution < -0.4 is 9.47 Å². The van der Waals surface area contributed by atoms with Crippen LogP contribution in [0.4, 0.5) is 0 Å². The highest BCUT2D eigenvalue weighted by Crippen LogP contribution is 2.35. The van der Waals surface area contributed by atoms with Crippen LogP contribution in [0.15, 0.2) is 22.2 Å². The Balaban J connectivity index is 2.44. The van der Waals surface area contributed by atoms with Gasteiger partial charge in [0.05, 0.1) is 13.7 Å². The predicted octanol–water partition coefficient (Wildman–Crippen LogP) is 3.08. The van der Waals surface area contributed by atoms with E-state index >= 15 is 0 Å². The summed E-state index contributed by atoms with van der Waals surface area (Å²) < 4.78 is 21.5. The fraction of sp³-hybridized carbons (Fsp3) is 0.375. The third-order valence-corrected chi connectivity index (χ3v) is 3.69. The Hall–Kier alpha value is -2.02. The SMILES string of the molecule is CCOc1cc(C=C2C(=O)OC(C)(C)OC2=O)c(Br)cc1OC. The first-order chi connectivity index (χ1) is 10.8. The van der Waals surface area contributed by atoms with Crippen LogP contribution in [0.1, 0.15) is 26.3 Å². The van der Waals surface area contributed by atoms with E-state index in [1.807, 2.05) is 6.92 Å². The van der Waals surface area contributed by atoms with Crippen molar-refractivity contribution in [1.29, 1.82) is 0 Å². The van der Waals surface area contributed by atoms with Crippen molar-refractivity contribution in [1.82, 2.24) is 0 Å². The second-order valence-corrected chi connectivity index (χ2v) is 6.05. The molecule has 0 amide bonds. The van der Waals surface area contributed by atoms with E-state index in [1.54, 1.807) is 12.1 Å². The Morgan fingerprint density at radius 2 is 1.78 bits per heavy atom. The lowest BCUT2D eigenvalue weighted by Gasteiger charge is -2.29. The molecule has 0 unspecified atom stereocenters. The molecule has 1 aromatic carbocycles. The van der Waals surface area contributed by atoms with Crippen LogP contribution in [0, 0.1) is 0 Å². The van der Waals surface area contributed by atoms with Crippen LogP contribution in [-0.2, 0) is 19.1 Å². The summed E-state index contributed by atoms with van der Waals surface area (Å²) in [5.74, 6) is -1.68. The Kier molecular flexibility index (Phi) is 4.99. The zero-order valence-electron chi connectivity index (χ0n) is 13.3. The number of hydrogen-bond donors (Lipinski definition) is 0. The summed E-state index contributed by atoms with van der Waals surface area (Å²) in [4.78, 5) is 24.0. The Morgan fingerprint density at radius 1 is 1.17 bits per heavy atom. The van der Waals surface area contributed by atoms with Gasteiger partial charge in [0.25, 0.3) is 5.79 Å². The van der Waals surface area contributed by atoms with Crippen LogP contribution >= 0.6 is 15.9 Å². The highest BCUT2D eigenvalue weighted by molar-refractivity contribution is 9.10. The molecule has 0 saturated carbocycles. The van der Waals surface area contributed by atoms with Gasteiger partial charge in [-0.25, -0.2) is 9.59 Å². The maximum atomic E-state index is 12.0. The van der Waals surface area contributed by atoms with Crippen molar-refractivity contribution < 1.29 is 28.5 Å². The van der Waals surface area contributed by atoms with Gasteiger partial charge in [-0.15, -0.1) is 0 Å². The first kappa shape index (κ1) is 17.3. The second-order valence-electron chi connectivity index (χ2n) is 5.19. The minimum Gasteiger partial charge on any atom is -0.493 e. The van der Waals surface area contributed by atoms with Gasteiger partial charge in [0.2, 0.25) is 0 Å². The lowest BCUT2D eigenvalue weighted by atomic mass is 10.1. The molecule has 7 heteroatoms. The van der Waals surface area contributed by atoms with Crippen LogP contribution in [0.2, 0.25) is 0 Å². The van der Waals surface area contributed by atoms with E-state index in [-0.39, 0.29) is 5.57 Å². The van der Waals surface area contributed by atoms with Crippen LogP contribution in [0.25, 0.3) is 6.08 Å². The number of halogens is 1. The van der Waals surface area contributed by atoms with Gasteiger partial charge in [0.1, 0.15) is 5.57 Å². The summed E-state index contributed by atoms with van der Waals surface area (Å²) in [5.41, 5.74) is 0.385. The smallest absolute Gasteiger partial charge is 0.348 e. The van der Waals surface area contributed by atoms with Crippen molar-refractivity contribution in [3.8, 4) is 11.5 Å². The number of methoxy groups -OCH3 is 1. The van der Waals surface area contributed by atoms with Crippen molar-refractivity contribution in [3.05, 3.63) is 27.7 Å². The van der Waals surface area contributed by atoms with Gasteiger partial charge < -0.3 is 18.9 Å². The summed E-state index contributed by atoms with van der Waals surface area (Å²) in [7, 11) is 1.53. The van der Waals surface area contributed by atoms with Gasteiger partial charge in [-0.3, -0.25) is 0 Å². The topological polar surface area (TPSA) is 71.1 Å². The molecule has 0 radical (unpaired) electrons. The number of hydrogen-bond acceptors (Lipinski definition) is 6. The van der Waals surface area contributed by atoms with Gasteiger partial charge in [-0.05, 0) is 30.7 Å². The fourth-order valence-corrected chi connectivity index (χ4v) is 2.46. The first-order valence-electron chi connectivity index (χ1n) is 6.96.